The molecule has 0 aliphatic rings. The lowest BCUT2D eigenvalue weighted by atomic mass is 10.2. The van der Waals surface area contributed by atoms with Crippen molar-refractivity contribution in [1.29, 1.82) is 0 Å². The molecule has 5 nitrogen and oxygen atoms in total. The second kappa shape index (κ2) is 10.2. The maximum Gasteiger partial charge on any atom is 0.320 e. The van der Waals surface area contributed by atoms with Crippen LogP contribution in [-0.4, -0.2) is 36.9 Å². The van der Waals surface area contributed by atoms with Crippen molar-refractivity contribution in [1.82, 2.24) is 0 Å². The zero-order valence-corrected chi connectivity index (χ0v) is 26.5. The molecule has 0 atom stereocenters. The van der Waals surface area contributed by atoms with Gasteiger partial charge in [-0.15, -0.1) is 0 Å². The van der Waals surface area contributed by atoms with Crippen LogP contribution in [0.2, 0.25) is 54.4 Å². The fraction of sp³-hybridized carbons (Fsp3) is 0.833. The molecule has 0 aliphatic carbocycles. The number of allylic oxidation sites excluding steroid dienone is 1. The Bertz CT molecular complexity index is 703. The molecule has 0 saturated carbocycles. The minimum Gasteiger partial charge on any atom is -0.546 e. The fourth-order valence-corrected chi connectivity index (χ4v) is 4.88. The van der Waals surface area contributed by atoms with Gasteiger partial charge in [0, 0.05) is 6.42 Å². The van der Waals surface area contributed by atoms with E-state index in [1.807, 2.05) is 13.1 Å². The molecule has 188 valence electrons. The number of hydrogen-bond donors (Lipinski definition) is 0. The van der Waals surface area contributed by atoms with Crippen LogP contribution in [0.5, 0.6) is 0 Å². The molecule has 0 unspecified atom stereocenters. The fourth-order valence-electron chi connectivity index (χ4n) is 1.91. The standard InChI is InChI=1S/C24H50O5Si3/c1-22(2,3)30(10,11)27-19(18-21(26)29-32(14,15)24(7,8)9)16-17-20(25)28-31(12,13)23(4,5)6/h18H,16-17H2,1-15H3/b19-18-. The molecule has 0 aromatic heterocycles. The average molecular weight is 503 g/mol. The summed E-state index contributed by atoms with van der Waals surface area (Å²) in [6, 6.07) is 0. The maximum absolute atomic E-state index is 12.8. The summed E-state index contributed by atoms with van der Waals surface area (Å²) in [6.07, 6.45) is 1.97. The first kappa shape index (κ1) is 31.1. The van der Waals surface area contributed by atoms with Crippen molar-refractivity contribution in [3.63, 3.8) is 0 Å². The van der Waals surface area contributed by atoms with Gasteiger partial charge in [-0.1, -0.05) is 62.3 Å². The van der Waals surface area contributed by atoms with Gasteiger partial charge in [-0.25, -0.2) is 4.79 Å². The first-order chi connectivity index (χ1) is 13.8. The molecule has 0 heterocycles. The van der Waals surface area contributed by atoms with Gasteiger partial charge in [0.2, 0.25) is 8.32 Å². The van der Waals surface area contributed by atoms with Gasteiger partial charge in [-0.05, 0) is 54.4 Å². The lowest BCUT2D eigenvalue weighted by molar-refractivity contribution is -0.135. The Morgan fingerprint density at radius 3 is 1.31 bits per heavy atom. The van der Waals surface area contributed by atoms with Gasteiger partial charge in [-0.3, -0.25) is 4.79 Å². The summed E-state index contributed by atoms with van der Waals surface area (Å²) >= 11 is 0. The van der Waals surface area contributed by atoms with Gasteiger partial charge < -0.3 is 13.3 Å². The Labute approximate surface area is 201 Å². The average Bonchev–Trinajstić information content (AvgIpc) is 2.47. The van der Waals surface area contributed by atoms with Crippen LogP contribution in [0.1, 0.15) is 75.2 Å². The molecule has 8 heteroatoms. The van der Waals surface area contributed by atoms with Crippen LogP contribution in [0.25, 0.3) is 0 Å². The normalized spacial score (nSPS) is 14.8. The molecule has 0 N–H and O–H groups in total. The van der Waals surface area contributed by atoms with E-state index >= 15 is 0 Å². The Morgan fingerprint density at radius 1 is 0.594 bits per heavy atom. The minimum atomic E-state index is -2.25. The molecule has 0 amide bonds. The number of carbonyl (C=O) groups is 2. The molecule has 0 aromatic rings. The van der Waals surface area contributed by atoms with E-state index in [-0.39, 0.29) is 33.5 Å². The topological polar surface area (TPSA) is 61.8 Å². The van der Waals surface area contributed by atoms with Crippen molar-refractivity contribution >= 4 is 36.9 Å². The van der Waals surface area contributed by atoms with E-state index in [9.17, 15) is 9.59 Å². The van der Waals surface area contributed by atoms with Crippen molar-refractivity contribution < 1.29 is 22.9 Å². The third-order valence-corrected chi connectivity index (χ3v) is 20.4. The Kier molecular flexibility index (Phi) is 9.90. The third-order valence-electron chi connectivity index (χ3n) is 7.38. The molecule has 0 aliphatic heterocycles. The molecule has 0 rings (SSSR count). The van der Waals surface area contributed by atoms with Crippen LogP contribution in [0.15, 0.2) is 11.8 Å². The molecule has 0 bridgehead atoms. The molecular weight excluding hydrogens is 453 g/mol. The summed E-state index contributed by atoms with van der Waals surface area (Å²) in [4.78, 5) is 25.5. The van der Waals surface area contributed by atoms with E-state index in [4.69, 9.17) is 13.3 Å². The molecule has 0 aromatic carbocycles. The van der Waals surface area contributed by atoms with Crippen molar-refractivity contribution in [2.24, 2.45) is 0 Å². The molecule has 0 radical (unpaired) electrons. The zero-order valence-electron chi connectivity index (χ0n) is 23.5. The summed E-state index contributed by atoms with van der Waals surface area (Å²) in [7, 11) is -6.63. The first-order valence-electron chi connectivity index (χ1n) is 11.7. The van der Waals surface area contributed by atoms with Crippen LogP contribution in [0.3, 0.4) is 0 Å². The highest BCUT2D eigenvalue weighted by atomic mass is 28.4. The minimum absolute atomic E-state index is 0.0307. The lowest BCUT2D eigenvalue weighted by Gasteiger charge is -2.38. The van der Waals surface area contributed by atoms with Crippen molar-refractivity contribution in [2.75, 3.05) is 0 Å². The SMILES string of the molecule is CC(C)(C)[Si](C)(C)OC(=O)/C=C(/CCC(=O)O[Si](C)(C)C(C)(C)C)O[Si](C)(C)C(C)(C)C. The highest BCUT2D eigenvalue weighted by molar-refractivity contribution is 6.76. The summed E-state index contributed by atoms with van der Waals surface area (Å²) in [5, 5.41) is -0.160. The number of rotatable bonds is 8. The highest BCUT2D eigenvalue weighted by Gasteiger charge is 2.42. The van der Waals surface area contributed by atoms with Gasteiger partial charge in [0.15, 0.2) is 0 Å². The highest BCUT2D eigenvalue weighted by Crippen LogP contribution is 2.40. The maximum atomic E-state index is 12.8. The largest absolute Gasteiger partial charge is 0.546 e. The van der Waals surface area contributed by atoms with E-state index in [2.05, 4.69) is 88.5 Å². The molecular formula is C24H50O5Si3. The van der Waals surface area contributed by atoms with E-state index in [0.717, 1.165) is 0 Å². The van der Waals surface area contributed by atoms with Crippen molar-refractivity contribution in [3.8, 4) is 0 Å². The summed E-state index contributed by atoms with van der Waals surface area (Å²) in [5.74, 6) is -0.102. The summed E-state index contributed by atoms with van der Waals surface area (Å²) < 4.78 is 18.3. The van der Waals surface area contributed by atoms with Gasteiger partial charge in [0.1, 0.15) is 0 Å². The smallest absolute Gasteiger partial charge is 0.320 e. The molecule has 0 fully saturated rings. The first-order valence-corrected chi connectivity index (χ1v) is 20.4. The van der Waals surface area contributed by atoms with Crippen molar-refractivity contribution in [2.45, 2.75) is 130 Å². The van der Waals surface area contributed by atoms with Crippen LogP contribution >= 0.6 is 0 Å². The zero-order chi connectivity index (χ0) is 26.0. The predicted molar refractivity (Wildman–Crippen MR) is 142 cm³/mol. The molecule has 0 spiro atoms. The van der Waals surface area contributed by atoms with Gasteiger partial charge >= 0.3 is 5.97 Å². The quantitative estimate of drug-likeness (QED) is 0.193. The van der Waals surface area contributed by atoms with Gasteiger partial charge in [0.25, 0.3) is 22.6 Å². The predicted octanol–water partition coefficient (Wildman–Crippen LogP) is 7.77. The Balaban J connectivity index is 5.66. The van der Waals surface area contributed by atoms with E-state index in [1.165, 1.54) is 6.08 Å². The lowest BCUT2D eigenvalue weighted by Crippen LogP contribution is -2.43. The second-order valence-corrected chi connectivity index (χ2v) is 27.6. The number of hydrogen-bond acceptors (Lipinski definition) is 5. The van der Waals surface area contributed by atoms with Gasteiger partial charge in [-0.2, -0.15) is 0 Å². The van der Waals surface area contributed by atoms with Crippen LogP contribution in [-0.2, 0) is 22.9 Å². The van der Waals surface area contributed by atoms with E-state index < -0.39 is 25.0 Å². The van der Waals surface area contributed by atoms with Crippen LogP contribution in [0.4, 0.5) is 0 Å². The van der Waals surface area contributed by atoms with Crippen molar-refractivity contribution in [3.05, 3.63) is 11.8 Å². The van der Waals surface area contributed by atoms with Gasteiger partial charge in [0.05, 0.1) is 18.3 Å². The monoisotopic (exact) mass is 502 g/mol. The van der Waals surface area contributed by atoms with Crippen LogP contribution < -0.4 is 0 Å². The Morgan fingerprint density at radius 2 is 0.938 bits per heavy atom. The summed E-state index contributed by atoms with van der Waals surface area (Å²) in [6.45, 7) is 31.5. The van der Waals surface area contributed by atoms with E-state index in [1.54, 1.807) is 0 Å². The van der Waals surface area contributed by atoms with Crippen LogP contribution in [0, 0.1) is 0 Å². The molecule has 0 saturated heterocycles. The van der Waals surface area contributed by atoms with E-state index in [0.29, 0.717) is 12.2 Å². The summed E-state index contributed by atoms with van der Waals surface area (Å²) in [5.41, 5.74) is 0. The number of carbonyl (C=O) groups excluding carboxylic acids is 2. The Hall–Kier alpha value is -0.869. The second-order valence-electron chi connectivity index (χ2n) is 13.4. The third kappa shape index (κ3) is 9.17. The molecule has 32 heavy (non-hydrogen) atoms.